The zero-order chi connectivity index (χ0) is 23.8. The fourth-order valence-corrected chi connectivity index (χ4v) is 5.09. The van der Waals surface area contributed by atoms with Gasteiger partial charge in [0, 0.05) is 11.7 Å². The number of hydrogen-bond donors (Lipinski definition) is 2. The summed E-state index contributed by atoms with van der Waals surface area (Å²) in [5.41, 5.74) is 1.53. The number of benzene rings is 2. The summed E-state index contributed by atoms with van der Waals surface area (Å²) in [6.45, 7) is 3.51. The molecule has 0 radical (unpaired) electrons. The van der Waals surface area contributed by atoms with Gasteiger partial charge in [0.25, 0.3) is 5.91 Å². The van der Waals surface area contributed by atoms with E-state index in [9.17, 15) is 18.0 Å². The Hall–Kier alpha value is -2.91. The van der Waals surface area contributed by atoms with Crippen LogP contribution in [0.3, 0.4) is 0 Å². The Labute approximate surface area is 194 Å². The molecule has 0 spiro atoms. The summed E-state index contributed by atoms with van der Waals surface area (Å²) in [4.78, 5) is 24.1. The van der Waals surface area contributed by atoms with Crippen molar-refractivity contribution in [2.75, 3.05) is 18.5 Å². The number of amides is 1. The first-order chi connectivity index (χ1) is 15.8. The first-order valence-electron chi connectivity index (χ1n) is 11.1. The number of anilines is 1. The molecule has 2 aromatic rings. The van der Waals surface area contributed by atoms with Crippen molar-refractivity contribution in [3.05, 3.63) is 53.6 Å². The third-order valence-electron chi connectivity index (χ3n) is 5.42. The van der Waals surface area contributed by atoms with Crippen LogP contribution in [0.25, 0.3) is 0 Å². The molecule has 0 unspecified atom stereocenters. The summed E-state index contributed by atoms with van der Waals surface area (Å²) in [6, 6.07) is 10.9. The number of ether oxygens (including phenoxy) is 2. The highest BCUT2D eigenvalue weighted by Gasteiger charge is 2.22. The zero-order valence-corrected chi connectivity index (χ0v) is 19.7. The molecule has 0 aromatic heterocycles. The van der Waals surface area contributed by atoms with Gasteiger partial charge in [-0.25, -0.2) is 17.9 Å². The predicted molar refractivity (Wildman–Crippen MR) is 125 cm³/mol. The van der Waals surface area contributed by atoms with Gasteiger partial charge in [0.15, 0.2) is 6.61 Å². The monoisotopic (exact) mass is 474 g/mol. The summed E-state index contributed by atoms with van der Waals surface area (Å²) >= 11 is 0. The Morgan fingerprint density at radius 3 is 2.36 bits per heavy atom. The summed E-state index contributed by atoms with van der Waals surface area (Å²) in [5, 5.41) is 2.69. The first kappa shape index (κ1) is 24.7. The van der Waals surface area contributed by atoms with Crippen molar-refractivity contribution >= 4 is 27.6 Å². The van der Waals surface area contributed by atoms with Crippen molar-refractivity contribution in [1.29, 1.82) is 0 Å². The summed E-state index contributed by atoms with van der Waals surface area (Å²) in [7, 11) is -3.60. The van der Waals surface area contributed by atoms with Gasteiger partial charge >= 0.3 is 5.97 Å². The second kappa shape index (κ2) is 11.3. The van der Waals surface area contributed by atoms with Crippen LogP contribution < -0.4 is 14.8 Å². The molecule has 9 heteroatoms. The maximum Gasteiger partial charge on any atom is 0.338 e. The van der Waals surface area contributed by atoms with Gasteiger partial charge in [-0.15, -0.1) is 0 Å². The number of nitrogens with one attached hydrogen (secondary N) is 2. The minimum Gasteiger partial charge on any atom is -0.483 e. The van der Waals surface area contributed by atoms with E-state index in [0.29, 0.717) is 22.6 Å². The third kappa shape index (κ3) is 7.03. The highest BCUT2D eigenvalue weighted by atomic mass is 32.2. The van der Waals surface area contributed by atoms with Crippen molar-refractivity contribution in [3.8, 4) is 5.75 Å². The molecule has 2 N–H and O–H groups in total. The number of sulfonamides is 1. The lowest BCUT2D eigenvalue weighted by atomic mass is 9.96. The molecule has 1 fully saturated rings. The van der Waals surface area contributed by atoms with Crippen LogP contribution >= 0.6 is 0 Å². The number of esters is 1. The molecule has 0 bridgehead atoms. The van der Waals surface area contributed by atoms with Gasteiger partial charge < -0.3 is 14.8 Å². The van der Waals surface area contributed by atoms with Gasteiger partial charge in [-0.3, -0.25) is 4.79 Å². The smallest absolute Gasteiger partial charge is 0.338 e. The van der Waals surface area contributed by atoms with E-state index in [-0.39, 0.29) is 30.1 Å². The molecule has 33 heavy (non-hydrogen) atoms. The molecule has 0 saturated heterocycles. The van der Waals surface area contributed by atoms with E-state index in [1.54, 1.807) is 50.2 Å². The molecule has 178 valence electrons. The van der Waals surface area contributed by atoms with Gasteiger partial charge in [-0.2, -0.15) is 0 Å². The minimum absolute atomic E-state index is 0.0185. The molecule has 2 aromatic carbocycles. The van der Waals surface area contributed by atoms with Gasteiger partial charge in [0.05, 0.1) is 17.1 Å². The molecule has 0 atom stereocenters. The van der Waals surface area contributed by atoms with Crippen LogP contribution in [0.2, 0.25) is 0 Å². The van der Waals surface area contributed by atoms with Crippen LogP contribution in [-0.4, -0.2) is 39.5 Å². The van der Waals surface area contributed by atoms with Gasteiger partial charge in [-0.1, -0.05) is 19.3 Å². The quantitative estimate of drug-likeness (QED) is 0.535. The molecule has 0 aliphatic heterocycles. The third-order valence-corrected chi connectivity index (χ3v) is 6.94. The summed E-state index contributed by atoms with van der Waals surface area (Å²) < 4.78 is 38.7. The lowest BCUT2D eigenvalue weighted by molar-refractivity contribution is -0.118. The molecular weight excluding hydrogens is 444 g/mol. The lowest BCUT2D eigenvalue weighted by Gasteiger charge is -2.22. The van der Waals surface area contributed by atoms with E-state index < -0.39 is 16.0 Å². The highest BCUT2D eigenvalue weighted by Crippen LogP contribution is 2.24. The predicted octanol–water partition coefficient (Wildman–Crippen LogP) is 3.80. The maximum atomic E-state index is 12.7. The highest BCUT2D eigenvalue weighted by molar-refractivity contribution is 7.89. The van der Waals surface area contributed by atoms with Gasteiger partial charge in [-0.05, 0) is 74.7 Å². The molecular formula is C24H30N2O6S. The largest absolute Gasteiger partial charge is 0.483 e. The SMILES string of the molecule is CCOC(=O)c1ccc(NC(=O)COc2ccc(S(=O)(=O)NC3CCCCC3)cc2C)cc1. The molecule has 1 amide bonds. The second-order valence-corrected chi connectivity index (χ2v) is 9.73. The Balaban J connectivity index is 1.54. The fraction of sp³-hybridized carbons (Fsp3) is 0.417. The van der Waals surface area contributed by atoms with Crippen molar-refractivity contribution in [2.24, 2.45) is 0 Å². The van der Waals surface area contributed by atoms with Gasteiger partial charge in [0.2, 0.25) is 10.0 Å². The van der Waals surface area contributed by atoms with E-state index in [1.807, 2.05) is 0 Å². The number of hydrogen-bond acceptors (Lipinski definition) is 6. The topological polar surface area (TPSA) is 111 Å². The molecule has 1 saturated carbocycles. The standard InChI is InChI=1S/C24H30N2O6S/c1-3-31-24(28)18-9-11-19(12-10-18)25-23(27)16-32-22-14-13-21(15-17(22)2)33(29,30)26-20-7-5-4-6-8-20/h9-15,20,26H,3-8,16H2,1-2H3,(H,25,27). The molecule has 0 heterocycles. The zero-order valence-electron chi connectivity index (χ0n) is 18.9. The summed E-state index contributed by atoms with van der Waals surface area (Å²) in [6.07, 6.45) is 4.95. The number of carbonyl (C=O) groups is 2. The summed E-state index contributed by atoms with van der Waals surface area (Å²) in [5.74, 6) is -0.373. The van der Waals surface area contributed by atoms with Crippen molar-refractivity contribution in [3.63, 3.8) is 0 Å². The van der Waals surface area contributed by atoms with E-state index in [4.69, 9.17) is 9.47 Å². The molecule has 1 aliphatic rings. The molecule has 3 rings (SSSR count). The lowest BCUT2D eigenvalue weighted by Crippen LogP contribution is -2.36. The average Bonchev–Trinajstić information content (AvgIpc) is 2.79. The van der Waals surface area contributed by atoms with Crippen molar-refractivity contribution < 1.29 is 27.5 Å². The Kier molecular flexibility index (Phi) is 8.46. The fourth-order valence-electron chi connectivity index (χ4n) is 3.70. The normalized spacial score (nSPS) is 14.5. The second-order valence-electron chi connectivity index (χ2n) is 8.02. The van der Waals surface area contributed by atoms with Crippen LogP contribution in [0.15, 0.2) is 47.4 Å². The van der Waals surface area contributed by atoms with E-state index in [1.165, 1.54) is 6.07 Å². The maximum absolute atomic E-state index is 12.7. The number of rotatable bonds is 9. The molecule has 8 nitrogen and oxygen atoms in total. The Morgan fingerprint density at radius 2 is 1.73 bits per heavy atom. The number of carbonyl (C=O) groups excluding carboxylic acids is 2. The van der Waals surface area contributed by atoms with Crippen molar-refractivity contribution in [2.45, 2.75) is 56.9 Å². The minimum atomic E-state index is -3.60. The van der Waals surface area contributed by atoms with E-state index in [0.717, 1.165) is 32.1 Å². The Morgan fingerprint density at radius 1 is 1.03 bits per heavy atom. The van der Waals surface area contributed by atoms with Crippen molar-refractivity contribution in [1.82, 2.24) is 4.72 Å². The van der Waals surface area contributed by atoms with E-state index >= 15 is 0 Å². The van der Waals surface area contributed by atoms with Crippen LogP contribution in [0.5, 0.6) is 5.75 Å². The average molecular weight is 475 g/mol. The van der Waals surface area contributed by atoms with Crippen LogP contribution in [0.1, 0.15) is 54.9 Å². The van der Waals surface area contributed by atoms with Gasteiger partial charge in [0.1, 0.15) is 5.75 Å². The van der Waals surface area contributed by atoms with Crippen LogP contribution in [0, 0.1) is 6.92 Å². The molecule has 1 aliphatic carbocycles. The van der Waals surface area contributed by atoms with E-state index in [2.05, 4.69) is 10.0 Å². The Bertz CT molecular complexity index is 1080. The van der Waals surface area contributed by atoms with Crippen LogP contribution in [0.4, 0.5) is 5.69 Å². The van der Waals surface area contributed by atoms with Crippen LogP contribution in [-0.2, 0) is 19.6 Å². The first-order valence-corrected chi connectivity index (χ1v) is 12.6. The number of aryl methyl sites for hydroxylation is 1.